The van der Waals surface area contributed by atoms with Crippen LogP contribution in [-0.4, -0.2) is 23.7 Å². The van der Waals surface area contributed by atoms with Crippen LogP contribution in [0.25, 0.3) is 0 Å². The van der Waals surface area contributed by atoms with E-state index in [-0.39, 0.29) is 27.9 Å². The summed E-state index contributed by atoms with van der Waals surface area (Å²) in [5.74, 6) is -0.685. The fourth-order valence-corrected chi connectivity index (χ4v) is 1.61. The lowest BCUT2D eigenvalue weighted by Crippen LogP contribution is -2.05. The van der Waals surface area contributed by atoms with Crippen LogP contribution in [-0.2, 0) is 0 Å². The molecule has 0 saturated carbocycles. The minimum absolute atomic E-state index is 0.00478. The second kappa shape index (κ2) is 5.14. The number of ether oxygens (including phenoxy) is 1. The van der Waals surface area contributed by atoms with Crippen molar-refractivity contribution >= 4 is 34.7 Å². The predicted molar refractivity (Wildman–Crippen MR) is 59.7 cm³/mol. The quantitative estimate of drug-likeness (QED) is 0.363. The van der Waals surface area contributed by atoms with Crippen molar-refractivity contribution in [3.05, 3.63) is 32.8 Å². The van der Waals surface area contributed by atoms with Crippen LogP contribution in [0.15, 0.2) is 12.1 Å². The number of benzene rings is 1. The summed E-state index contributed by atoms with van der Waals surface area (Å²) >= 11 is 11.1. The van der Waals surface area contributed by atoms with Gasteiger partial charge in [-0.2, -0.15) is 0 Å². The molecule has 0 unspecified atom stereocenters. The molecule has 0 saturated heterocycles. The van der Waals surface area contributed by atoms with E-state index in [9.17, 15) is 14.9 Å². The maximum Gasteiger partial charge on any atom is 0.271 e. The number of nitro groups is 1. The molecule has 0 amide bonds. The van der Waals surface area contributed by atoms with Gasteiger partial charge in [-0.3, -0.25) is 14.9 Å². The summed E-state index contributed by atoms with van der Waals surface area (Å²) in [4.78, 5) is 21.4. The SMILES string of the molecule is COc1c(Cl)cc([N+](=O)[O-])cc1C(=O)CCl. The third-order valence-corrected chi connectivity index (χ3v) is 2.39. The van der Waals surface area contributed by atoms with Crippen molar-refractivity contribution in [1.29, 1.82) is 0 Å². The van der Waals surface area contributed by atoms with E-state index in [1.807, 2.05) is 0 Å². The number of hydrogen-bond acceptors (Lipinski definition) is 4. The lowest BCUT2D eigenvalue weighted by atomic mass is 10.1. The number of Topliss-reactive ketones (excluding diaryl/α,β-unsaturated/α-hetero) is 1. The molecule has 0 atom stereocenters. The minimum atomic E-state index is -0.643. The first-order valence-electron chi connectivity index (χ1n) is 4.12. The Bertz CT molecular complexity index is 447. The van der Waals surface area contributed by atoms with Gasteiger partial charge >= 0.3 is 0 Å². The Labute approximate surface area is 101 Å². The van der Waals surface area contributed by atoms with Crippen LogP contribution < -0.4 is 4.74 Å². The van der Waals surface area contributed by atoms with Gasteiger partial charge in [0, 0.05) is 12.1 Å². The number of ketones is 1. The van der Waals surface area contributed by atoms with Gasteiger partial charge in [-0.1, -0.05) is 11.6 Å². The van der Waals surface area contributed by atoms with Gasteiger partial charge < -0.3 is 4.74 Å². The third-order valence-electron chi connectivity index (χ3n) is 1.87. The molecule has 5 nitrogen and oxygen atoms in total. The Balaban J connectivity index is 3.42. The fraction of sp³-hybridized carbons (Fsp3) is 0.222. The number of non-ortho nitro benzene ring substituents is 1. The number of alkyl halides is 1. The Hall–Kier alpha value is -1.33. The van der Waals surface area contributed by atoms with Crippen LogP contribution in [0, 0.1) is 10.1 Å². The van der Waals surface area contributed by atoms with E-state index in [2.05, 4.69) is 0 Å². The average Bonchev–Trinajstić information content (AvgIpc) is 2.26. The van der Waals surface area contributed by atoms with Crippen molar-refractivity contribution in [3.8, 4) is 5.75 Å². The summed E-state index contributed by atoms with van der Waals surface area (Å²) in [5, 5.41) is 10.6. The summed E-state index contributed by atoms with van der Waals surface area (Å²) in [6.45, 7) is 0. The molecule has 1 aromatic rings. The summed E-state index contributed by atoms with van der Waals surface area (Å²) in [6, 6.07) is 2.21. The second-order valence-electron chi connectivity index (χ2n) is 2.82. The van der Waals surface area contributed by atoms with E-state index >= 15 is 0 Å². The first-order valence-corrected chi connectivity index (χ1v) is 5.03. The Morgan fingerprint density at radius 1 is 1.56 bits per heavy atom. The normalized spacial score (nSPS) is 9.94. The summed E-state index contributed by atoms with van der Waals surface area (Å²) in [5.41, 5.74) is -0.268. The van der Waals surface area contributed by atoms with Gasteiger partial charge in [-0.15, -0.1) is 11.6 Å². The number of methoxy groups -OCH3 is 1. The smallest absolute Gasteiger partial charge is 0.271 e. The zero-order valence-electron chi connectivity index (χ0n) is 8.20. The number of rotatable bonds is 4. The molecule has 0 heterocycles. The van der Waals surface area contributed by atoms with E-state index in [0.717, 1.165) is 12.1 Å². The number of carbonyl (C=O) groups is 1. The second-order valence-corrected chi connectivity index (χ2v) is 3.50. The average molecular weight is 264 g/mol. The summed E-state index contributed by atoms with van der Waals surface area (Å²) in [6.07, 6.45) is 0. The van der Waals surface area contributed by atoms with Crippen molar-refractivity contribution in [2.24, 2.45) is 0 Å². The zero-order valence-corrected chi connectivity index (χ0v) is 9.71. The van der Waals surface area contributed by atoms with Crippen molar-refractivity contribution in [2.75, 3.05) is 13.0 Å². The Morgan fingerprint density at radius 3 is 2.62 bits per heavy atom. The van der Waals surface area contributed by atoms with Crippen LogP contribution in [0.5, 0.6) is 5.75 Å². The first-order chi connectivity index (χ1) is 7.51. The molecule has 0 aliphatic carbocycles. The molecule has 0 aliphatic rings. The monoisotopic (exact) mass is 263 g/mol. The van der Waals surface area contributed by atoms with E-state index in [0.29, 0.717) is 0 Å². The van der Waals surface area contributed by atoms with Gasteiger partial charge in [0.1, 0.15) is 5.75 Å². The van der Waals surface area contributed by atoms with Crippen LogP contribution in [0.4, 0.5) is 5.69 Å². The van der Waals surface area contributed by atoms with Crippen molar-refractivity contribution in [2.45, 2.75) is 0 Å². The molecule has 1 rings (SSSR count). The Morgan fingerprint density at radius 2 is 2.19 bits per heavy atom. The zero-order chi connectivity index (χ0) is 12.3. The molecule has 0 N–H and O–H groups in total. The predicted octanol–water partition coefficient (Wildman–Crippen LogP) is 2.68. The third kappa shape index (κ3) is 2.43. The van der Waals surface area contributed by atoms with Crippen LogP contribution in [0.3, 0.4) is 0 Å². The summed E-state index contributed by atoms with van der Waals surface area (Å²) in [7, 11) is 1.32. The molecule has 0 aromatic heterocycles. The largest absolute Gasteiger partial charge is 0.494 e. The van der Waals surface area contributed by atoms with Crippen molar-refractivity contribution in [1.82, 2.24) is 0 Å². The fourth-order valence-electron chi connectivity index (χ4n) is 1.17. The molecular formula is C9H7Cl2NO4. The maximum absolute atomic E-state index is 11.4. The van der Waals surface area contributed by atoms with E-state index in [1.54, 1.807) is 0 Å². The van der Waals surface area contributed by atoms with E-state index < -0.39 is 10.7 Å². The van der Waals surface area contributed by atoms with E-state index in [1.165, 1.54) is 7.11 Å². The molecule has 0 aliphatic heterocycles. The van der Waals surface area contributed by atoms with Crippen LogP contribution >= 0.6 is 23.2 Å². The number of carbonyl (C=O) groups excluding carboxylic acids is 1. The van der Waals surface area contributed by atoms with Crippen molar-refractivity contribution < 1.29 is 14.5 Å². The summed E-state index contributed by atoms with van der Waals surface area (Å²) < 4.78 is 4.90. The highest BCUT2D eigenvalue weighted by Crippen LogP contribution is 2.33. The topological polar surface area (TPSA) is 69.4 Å². The van der Waals surface area contributed by atoms with Gasteiger partial charge in [0.15, 0.2) is 5.78 Å². The number of halogens is 2. The Kier molecular flexibility index (Phi) is 4.09. The maximum atomic E-state index is 11.4. The van der Waals surface area contributed by atoms with Crippen molar-refractivity contribution in [3.63, 3.8) is 0 Å². The molecule has 86 valence electrons. The first kappa shape index (κ1) is 12.7. The lowest BCUT2D eigenvalue weighted by molar-refractivity contribution is -0.384. The number of nitrogens with zero attached hydrogens (tertiary/aromatic N) is 1. The highest BCUT2D eigenvalue weighted by Gasteiger charge is 2.20. The molecule has 0 spiro atoms. The van der Waals surface area contributed by atoms with Gasteiger partial charge in [0.05, 0.1) is 28.5 Å². The van der Waals surface area contributed by atoms with E-state index in [4.69, 9.17) is 27.9 Å². The standard InChI is InChI=1S/C9H7Cl2NO4/c1-16-9-6(8(13)4-10)2-5(12(14)15)3-7(9)11/h2-3H,4H2,1H3. The molecule has 0 fully saturated rings. The van der Waals surface area contributed by atoms with Crippen LogP contribution in [0.1, 0.15) is 10.4 Å². The highest BCUT2D eigenvalue weighted by atomic mass is 35.5. The minimum Gasteiger partial charge on any atom is -0.494 e. The van der Waals surface area contributed by atoms with Gasteiger partial charge in [0.2, 0.25) is 0 Å². The highest BCUT2D eigenvalue weighted by molar-refractivity contribution is 6.34. The number of nitro benzene ring substituents is 1. The molecule has 16 heavy (non-hydrogen) atoms. The molecule has 1 aromatic carbocycles. The molecule has 7 heteroatoms. The van der Waals surface area contributed by atoms with Gasteiger partial charge in [0.25, 0.3) is 5.69 Å². The molecular weight excluding hydrogens is 257 g/mol. The molecule has 0 radical (unpaired) electrons. The van der Waals surface area contributed by atoms with Crippen LogP contribution in [0.2, 0.25) is 5.02 Å². The lowest BCUT2D eigenvalue weighted by Gasteiger charge is -2.07. The molecule has 0 bridgehead atoms. The number of hydrogen-bond donors (Lipinski definition) is 0. The van der Waals surface area contributed by atoms with Gasteiger partial charge in [-0.05, 0) is 0 Å². The van der Waals surface area contributed by atoms with Gasteiger partial charge in [-0.25, -0.2) is 0 Å².